The highest BCUT2D eigenvalue weighted by Crippen LogP contribution is 2.23. The van der Waals surface area contributed by atoms with Crippen LogP contribution < -0.4 is 5.32 Å². The van der Waals surface area contributed by atoms with Crippen molar-refractivity contribution >= 4 is 11.7 Å². The molecule has 2 rings (SSSR count). The summed E-state index contributed by atoms with van der Waals surface area (Å²) in [7, 11) is 0. The van der Waals surface area contributed by atoms with Crippen LogP contribution in [0, 0.1) is 0 Å². The minimum Gasteiger partial charge on any atom is -0.393 e. The number of amides is 2. The van der Waals surface area contributed by atoms with Crippen LogP contribution in [0.1, 0.15) is 51.2 Å². The zero-order valence-electron chi connectivity index (χ0n) is 13.9. The third-order valence-electron chi connectivity index (χ3n) is 4.47. The predicted octanol–water partition coefficient (Wildman–Crippen LogP) is 3.58. The largest absolute Gasteiger partial charge is 0.393 e. The highest BCUT2D eigenvalue weighted by atomic mass is 16.3. The van der Waals surface area contributed by atoms with Crippen molar-refractivity contribution in [3.63, 3.8) is 0 Å². The molecule has 0 bridgehead atoms. The average Bonchev–Trinajstić information content (AvgIpc) is 2.94. The molecule has 0 spiro atoms. The van der Waals surface area contributed by atoms with Crippen molar-refractivity contribution < 1.29 is 9.90 Å². The maximum atomic E-state index is 12.5. The molecule has 1 heterocycles. The van der Waals surface area contributed by atoms with E-state index in [-0.39, 0.29) is 18.2 Å². The van der Waals surface area contributed by atoms with Crippen molar-refractivity contribution in [2.45, 2.75) is 65.0 Å². The third-order valence-corrected chi connectivity index (χ3v) is 4.47. The SMILES string of the molecule is CCc1ccc(NC(=O)N2CCCC2CC(C)O)cc1CC. The summed E-state index contributed by atoms with van der Waals surface area (Å²) in [5, 5.41) is 12.6. The van der Waals surface area contributed by atoms with Gasteiger partial charge in [0.15, 0.2) is 0 Å². The van der Waals surface area contributed by atoms with Gasteiger partial charge in [-0.3, -0.25) is 0 Å². The van der Waals surface area contributed by atoms with E-state index in [1.54, 1.807) is 6.92 Å². The molecule has 0 aromatic heterocycles. The number of aliphatic hydroxyl groups excluding tert-OH is 1. The van der Waals surface area contributed by atoms with Gasteiger partial charge in [0.2, 0.25) is 0 Å². The van der Waals surface area contributed by atoms with E-state index in [0.717, 1.165) is 37.9 Å². The fourth-order valence-corrected chi connectivity index (χ4v) is 3.31. The molecule has 1 saturated heterocycles. The minimum absolute atomic E-state index is 0.0468. The number of carbonyl (C=O) groups excluding carboxylic acids is 1. The molecule has 4 nitrogen and oxygen atoms in total. The van der Waals surface area contributed by atoms with Crippen molar-refractivity contribution in [2.24, 2.45) is 0 Å². The first kappa shape index (κ1) is 16.8. The first-order chi connectivity index (χ1) is 10.5. The number of aryl methyl sites for hydroxylation is 2. The molecule has 0 aliphatic carbocycles. The molecule has 1 aromatic rings. The highest BCUT2D eigenvalue weighted by Gasteiger charge is 2.29. The van der Waals surface area contributed by atoms with E-state index in [0.29, 0.717) is 6.42 Å². The van der Waals surface area contributed by atoms with Gasteiger partial charge < -0.3 is 15.3 Å². The van der Waals surface area contributed by atoms with Crippen LogP contribution in [0.4, 0.5) is 10.5 Å². The Bertz CT molecular complexity index is 514. The van der Waals surface area contributed by atoms with Crippen molar-refractivity contribution in [1.29, 1.82) is 0 Å². The lowest BCUT2D eigenvalue weighted by Crippen LogP contribution is -2.40. The number of anilines is 1. The Labute approximate surface area is 133 Å². The van der Waals surface area contributed by atoms with Gasteiger partial charge in [0.1, 0.15) is 0 Å². The number of aliphatic hydroxyl groups is 1. The van der Waals surface area contributed by atoms with E-state index in [2.05, 4.69) is 31.3 Å². The molecule has 0 radical (unpaired) electrons. The lowest BCUT2D eigenvalue weighted by atomic mass is 10.0. The molecule has 2 amide bonds. The molecule has 1 aliphatic rings. The van der Waals surface area contributed by atoms with Crippen LogP contribution in [-0.4, -0.2) is 34.7 Å². The smallest absolute Gasteiger partial charge is 0.322 e. The van der Waals surface area contributed by atoms with Crippen molar-refractivity contribution in [3.8, 4) is 0 Å². The molecule has 1 aromatic carbocycles. The molecule has 1 aliphatic heterocycles. The first-order valence-electron chi connectivity index (χ1n) is 8.42. The number of carbonyl (C=O) groups is 1. The number of benzene rings is 1. The molecule has 2 atom stereocenters. The molecule has 0 saturated carbocycles. The second-order valence-corrected chi connectivity index (χ2v) is 6.19. The van der Waals surface area contributed by atoms with Crippen LogP contribution in [0.5, 0.6) is 0 Å². The van der Waals surface area contributed by atoms with Crippen molar-refractivity contribution in [2.75, 3.05) is 11.9 Å². The Morgan fingerprint density at radius 1 is 1.36 bits per heavy atom. The number of rotatable bonds is 5. The molecule has 4 heteroatoms. The van der Waals surface area contributed by atoms with Crippen LogP contribution in [0.3, 0.4) is 0 Å². The van der Waals surface area contributed by atoms with Crippen LogP contribution in [0.15, 0.2) is 18.2 Å². The molecule has 2 N–H and O–H groups in total. The van der Waals surface area contributed by atoms with Gasteiger partial charge in [-0.2, -0.15) is 0 Å². The quantitative estimate of drug-likeness (QED) is 0.873. The predicted molar refractivity (Wildman–Crippen MR) is 90.2 cm³/mol. The molecule has 122 valence electrons. The molecule has 22 heavy (non-hydrogen) atoms. The number of nitrogens with one attached hydrogen (secondary N) is 1. The summed E-state index contributed by atoms with van der Waals surface area (Å²) in [6.07, 6.45) is 4.27. The second-order valence-electron chi connectivity index (χ2n) is 6.19. The third kappa shape index (κ3) is 4.01. The normalized spacial score (nSPS) is 19.3. The van der Waals surface area contributed by atoms with Gasteiger partial charge in [-0.15, -0.1) is 0 Å². The van der Waals surface area contributed by atoms with Crippen LogP contribution in [0.2, 0.25) is 0 Å². The van der Waals surface area contributed by atoms with Crippen LogP contribution in [-0.2, 0) is 12.8 Å². The second kappa shape index (κ2) is 7.63. The lowest BCUT2D eigenvalue weighted by Gasteiger charge is -2.26. The Morgan fingerprint density at radius 3 is 2.73 bits per heavy atom. The Kier molecular flexibility index (Phi) is 5.83. The summed E-state index contributed by atoms with van der Waals surface area (Å²) in [4.78, 5) is 14.4. The summed E-state index contributed by atoms with van der Waals surface area (Å²) >= 11 is 0. The number of hydrogen-bond donors (Lipinski definition) is 2. The van der Waals surface area contributed by atoms with Gasteiger partial charge in [-0.05, 0) is 62.3 Å². The fraction of sp³-hybridized carbons (Fsp3) is 0.611. The Morgan fingerprint density at radius 2 is 2.09 bits per heavy atom. The number of hydrogen-bond acceptors (Lipinski definition) is 2. The minimum atomic E-state index is -0.367. The van der Waals surface area contributed by atoms with Gasteiger partial charge in [-0.25, -0.2) is 4.79 Å². The van der Waals surface area contributed by atoms with E-state index in [4.69, 9.17) is 0 Å². The van der Waals surface area contributed by atoms with Gasteiger partial charge in [0, 0.05) is 18.3 Å². The van der Waals surface area contributed by atoms with Crippen LogP contribution in [0.25, 0.3) is 0 Å². The first-order valence-corrected chi connectivity index (χ1v) is 8.42. The monoisotopic (exact) mass is 304 g/mol. The summed E-state index contributed by atoms with van der Waals surface area (Å²) in [6.45, 7) is 6.85. The standard InChI is InChI=1S/C18H28N2O2/c1-4-14-8-9-16(12-15(14)5-2)19-18(22)20-10-6-7-17(20)11-13(3)21/h8-9,12-13,17,21H,4-7,10-11H2,1-3H3,(H,19,22). The van der Waals surface area contributed by atoms with E-state index < -0.39 is 0 Å². The number of urea groups is 1. The van der Waals surface area contributed by atoms with E-state index >= 15 is 0 Å². The van der Waals surface area contributed by atoms with E-state index in [1.165, 1.54) is 11.1 Å². The fourth-order valence-electron chi connectivity index (χ4n) is 3.31. The maximum Gasteiger partial charge on any atom is 0.322 e. The molecule has 2 unspecified atom stereocenters. The summed E-state index contributed by atoms with van der Waals surface area (Å²) < 4.78 is 0. The average molecular weight is 304 g/mol. The highest BCUT2D eigenvalue weighted by molar-refractivity contribution is 5.89. The number of likely N-dealkylation sites (tertiary alicyclic amines) is 1. The lowest BCUT2D eigenvalue weighted by molar-refractivity contribution is 0.142. The van der Waals surface area contributed by atoms with Crippen molar-refractivity contribution in [1.82, 2.24) is 4.90 Å². The van der Waals surface area contributed by atoms with Crippen molar-refractivity contribution in [3.05, 3.63) is 29.3 Å². The van der Waals surface area contributed by atoms with Gasteiger partial charge >= 0.3 is 6.03 Å². The zero-order valence-corrected chi connectivity index (χ0v) is 13.9. The topological polar surface area (TPSA) is 52.6 Å². The summed E-state index contributed by atoms with van der Waals surface area (Å²) in [6, 6.07) is 6.27. The molecular weight excluding hydrogens is 276 g/mol. The Hall–Kier alpha value is -1.55. The van der Waals surface area contributed by atoms with Crippen LogP contribution >= 0.6 is 0 Å². The van der Waals surface area contributed by atoms with Gasteiger partial charge in [0.05, 0.1) is 6.10 Å². The van der Waals surface area contributed by atoms with E-state index in [1.807, 2.05) is 11.0 Å². The summed E-state index contributed by atoms with van der Waals surface area (Å²) in [5.41, 5.74) is 3.50. The van der Waals surface area contributed by atoms with Gasteiger partial charge in [-0.1, -0.05) is 19.9 Å². The van der Waals surface area contributed by atoms with Gasteiger partial charge in [0.25, 0.3) is 0 Å². The maximum absolute atomic E-state index is 12.5. The zero-order chi connectivity index (χ0) is 16.1. The number of nitrogens with zero attached hydrogens (tertiary/aromatic N) is 1. The summed E-state index contributed by atoms with van der Waals surface area (Å²) in [5.74, 6) is 0. The molecular formula is C18H28N2O2. The molecule has 1 fully saturated rings. The van der Waals surface area contributed by atoms with E-state index in [9.17, 15) is 9.90 Å². The Balaban J connectivity index is 2.05.